The fourth-order valence-electron chi connectivity index (χ4n) is 8.46. The van der Waals surface area contributed by atoms with Gasteiger partial charge in [-0.15, -0.1) is 0 Å². The number of ketones is 1. The predicted molar refractivity (Wildman–Crippen MR) is 140 cm³/mol. The molecule has 5 rings (SSSR count). The van der Waals surface area contributed by atoms with Crippen molar-refractivity contribution >= 4 is 23.7 Å². The molecule has 2 saturated carbocycles. The van der Waals surface area contributed by atoms with Gasteiger partial charge in [0.1, 0.15) is 18.0 Å². The van der Waals surface area contributed by atoms with Crippen molar-refractivity contribution in [2.45, 2.75) is 85.9 Å². The van der Waals surface area contributed by atoms with Crippen LogP contribution in [0.5, 0.6) is 0 Å². The van der Waals surface area contributed by atoms with Gasteiger partial charge in [-0.05, 0) is 42.7 Å². The number of furan rings is 1. The van der Waals surface area contributed by atoms with Crippen molar-refractivity contribution in [2.75, 3.05) is 7.11 Å². The summed E-state index contributed by atoms with van der Waals surface area (Å²) in [6, 6.07) is 1.83. The minimum Gasteiger partial charge on any atom is -0.472 e. The smallest absolute Gasteiger partial charge is 0.310 e. The molecular formula is C31H40O8. The molecule has 39 heavy (non-hydrogen) atoms. The number of rotatable bonds is 5. The number of allylic oxidation sites excluding steroid dienone is 1. The molecule has 8 nitrogen and oxygen atoms in total. The van der Waals surface area contributed by atoms with Crippen LogP contribution in [-0.2, 0) is 33.4 Å². The molecule has 0 radical (unpaired) electrons. The van der Waals surface area contributed by atoms with Crippen LogP contribution in [0.3, 0.4) is 0 Å². The monoisotopic (exact) mass is 540 g/mol. The van der Waals surface area contributed by atoms with Gasteiger partial charge in [0.25, 0.3) is 0 Å². The van der Waals surface area contributed by atoms with Crippen molar-refractivity contribution < 1.29 is 37.8 Å². The average molecular weight is 541 g/mol. The lowest BCUT2D eigenvalue weighted by Gasteiger charge is -2.63. The van der Waals surface area contributed by atoms with Crippen LogP contribution in [0, 0.1) is 39.9 Å². The van der Waals surface area contributed by atoms with Crippen molar-refractivity contribution in [3.8, 4) is 0 Å². The van der Waals surface area contributed by atoms with Crippen molar-refractivity contribution in [2.24, 2.45) is 39.9 Å². The Morgan fingerprint density at radius 1 is 1.15 bits per heavy atom. The maximum Gasteiger partial charge on any atom is 0.310 e. The Bertz CT molecular complexity index is 1220. The Hall–Kier alpha value is -2.90. The molecule has 0 aromatic carbocycles. The second-order valence-corrected chi connectivity index (χ2v) is 13.2. The molecule has 212 valence electrons. The van der Waals surface area contributed by atoms with Crippen LogP contribution in [0.2, 0.25) is 0 Å². The Labute approximate surface area is 229 Å². The first-order valence-corrected chi connectivity index (χ1v) is 14.0. The van der Waals surface area contributed by atoms with E-state index in [-0.39, 0.29) is 42.4 Å². The zero-order valence-electron chi connectivity index (χ0n) is 24.0. The maximum absolute atomic E-state index is 14.4. The molecule has 7 atom stereocenters. The highest BCUT2D eigenvalue weighted by Gasteiger charge is 2.68. The summed E-state index contributed by atoms with van der Waals surface area (Å²) in [5.41, 5.74) is 0.943. The highest BCUT2D eigenvalue weighted by molar-refractivity contribution is 5.92. The number of cyclic esters (lactones) is 1. The zero-order valence-corrected chi connectivity index (χ0v) is 24.0. The van der Waals surface area contributed by atoms with Crippen LogP contribution < -0.4 is 0 Å². The predicted octanol–water partition coefficient (Wildman–Crippen LogP) is 5.36. The van der Waals surface area contributed by atoms with Gasteiger partial charge in [0.2, 0.25) is 0 Å². The molecule has 2 heterocycles. The van der Waals surface area contributed by atoms with E-state index in [1.54, 1.807) is 26.4 Å². The molecule has 2 bridgehead atoms. The van der Waals surface area contributed by atoms with Crippen molar-refractivity contribution in [3.05, 3.63) is 35.3 Å². The molecule has 0 N–H and O–H groups in total. The van der Waals surface area contributed by atoms with E-state index in [4.69, 9.17) is 18.6 Å². The third-order valence-corrected chi connectivity index (χ3v) is 10.5. The molecule has 1 saturated heterocycles. The average Bonchev–Trinajstić information content (AvgIpc) is 3.41. The van der Waals surface area contributed by atoms with Gasteiger partial charge < -0.3 is 18.6 Å². The van der Waals surface area contributed by atoms with Gasteiger partial charge >= 0.3 is 17.9 Å². The summed E-state index contributed by atoms with van der Waals surface area (Å²) >= 11 is 0. The molecule has 3 fully saturated rings. The minimum absolute atomic E-state index is 0.0417. The van der Waals surface area contributed by atoms with Gasteiger partial charge in [-0.2, -0.15) is 0 Å². The van der Waals surface area contributed by atoms with E-state index in [0.29, 0.717) is 6.42 Å². The number of hydrogen-bond donors (Lipinski definition) is 0. The SMILES string of the molecule is COC(=O)CC1C(C)(C)C(OC(=O)C(C)C)C2CC3=C4CC(=O)OC(c5ccoc5)C4(C)CCC3C1(C)C2=O. The lowest BCUT2D eigenvalue weighted by molar-refractivity contribution is -0.200. The number of ether oxygens (including phenoxy) is 3. The number of carbonyl (C=O) groups is 4. The summed E-state index contributed by atoms with van der Waals surface area (Å²) in [5.74, 6) is -2.49. The highest BCUT2D eigenvalue weighted by Crippen LogP contribution is 2.68. The van der Waals surface area contributed by atoms with Gasteiger partial charge in [-0.3, -0.25) is 19.2 Å². The van der Waals surface area contributed by atoms with Crippen LogP contribution >= 0.6 is 0 Å². The number of Topliss-reactive ketones (excluding diaryl/α,β-unsaturated/α-hetero) is 1. The molecule has 3 aliphatic carbocycles. The molecule has 8 heteroatoms. The number of carbonyl (C=O) groups excluding carboxylic acids is 4. The number of esters is 3. The molecule has 4 aliphatic rings. The molecule has 1 aromatic rings. The van der Waals surface area contributed by atoms with Gasteiger partial charge in [-0.25, -0.2) is 0 Å². The van der Waals surface area contributed by atoms with Crippen LogP contribution in [-0.4, -0.2) is 36.9 Å². The normalized spacial score (nSPS) is 37.1. The Balaban J connectivity index is 1.68. The van der Waals surface area contributed by atoms with E-state index in [1.807, 2.05) is 26.8 Å². The fraction of sp³-hybridized carbons (Fsp3) is 0.677. The van der Waals surface area contributed by atoms with Crippen LogP contribution in [0.25, 0.3) is 0 Å². The van der Waals surface area contributed by atoms with Crippen LogP contribution in [0.4, 0.5) is 0 Å². The fourth-order valence-corrected chi connectivity index (χ4v) is 8.46. The van der Waals surface area contributed by atoms with Crippen molar-refractivity contribution in [3.63, 3.8) is 0 Å². The van der Waals surface area contributed by atoms with E-state index in [2.05, 4.69) is 6.92 Å². The maximum atomic E-state index is 14.4. The number of methoxy groups -OCH3 is 1. The number of hydrogen-bond acceptors (Lipinski definition) is 8. The molecule has 0 spiro atoms. The van der Waals surface area contributed by atoms with E-state index < -0.39 is 46.3 Å². The lowest BCUT2D eigenvalue weighted by Crippen LogP contribution is -2.66. The minimum atomic E-state index is -0.877. The summed E-state index contributed by atoms with van der Waals surface area (Å²) in [4.78, 5) is 53.0. The summed E-state index contributed by atoms with van der Waals surface area (Å²) in [5, 5.41) is 0. The van der Waals surface area contributed by atoms with Gasteiger partial charge in [0.15, 0.2) is 0 Å². The Kier molecular flexibility index (Phi) is 6.62. The second kappa shape index (κ2) is 9.34. The van der Waals surface area contributed by atoms with Crippen LogP contribution in [0.15, 0.2) is 34.2 Å². The van der Waals surface area contributed by atoms with Gasteiger partial charge in [0.05, 0.1) is 37.9 Å². The van der Waals surface area contributed by atoms with E-state index in [0.717, 1.165) is 29.6 Å². The zero-order chi connectivity index (χ0) is 28.5. The standard InChI is InChI=1S/C31H40O8/c1-16(2)28(35)39-27-19-12-18-20(31(6,25(19)34)22(29(27,3)4)14-23(32)36-7)8-10-30(5)21(18)13-24(33)38-26(30)17-9-11-37-15-17/h9,11,15-16,19-20,22,26-27H,8,10,12-14H2,1-7H3. The quantitative estimate of drug-likeness (QED) is 0.279. The van der Waals surface area contributed by atoms with Gasteiger partial charge in [-0.1, -0.05) is 47.1 Å². The van der Waals surface area contributed by atoms with Crippen molar-refractivity contribution in [1.29, 1.82) is 0 Å². The first-order chi connectivity index (χ1) is 18.3. The largest absolute Gasteiger partial charge is 0.472 e. The van der Waals surface area contributed by atoms with E-state index in [1.165, 1.54) is 7.11 Å². The summed E-state index contributed by atoms with van der Waals surface area (Å²) in [7, 11) is 1.35. The first-order valence-electron chi connectivity index (χ1n) is 14.0. The summed E-state index contributed by atoms with van der Waals surface area (Å²) in [6.07, 6.45) is 4.11. The lowest BCUT2D eigenvalue weighted by atomic mass is 9.40. The Morgan fingerprint density at radius 3 is 2.49 bits per heavy atom. The number of fused-ring (bicyclic) bond motifs is 5. The third kappa shape index (κ3) is 4.00. The molecule has 1 aliphatic heterocycles. The third-order valence-electron chi connectivity index (χ3n) is 10.5. The molecule has 0 amide bonds. The topological polar surface area (TPSA) is 109 Å². The molecule has 1 aromatic heterocycles. The van der Waals surface area contributed by atoms with Crippen LogP contribution in [0.1, 0.15) is 85.3 Å². The van der Waals surface area contributed by atoms with Crippen molar-refractivity contribution in [1.82, 2.24) is 0 Å². The Morgan fingerprint density at radius 2 is 1.87 bits per heavy atom. The highest BCUT2D eigenvalue weighted by atomic mass is 16.6. The van der Waals surface area contributed by atoms with E-state index in [9.17, 15) is 19.2 Å². The van der Waals surface area contributed by atoms with Gasteiger partial charge in [0, 0.05) is 28.2 Å². The molecule has 7 unspecified atom stereocenters. The summed E-state index contributed by atoms with van der Waals surface area (Å²) < 4.78 is 22.5. The molecular weight excluding hydrogens is 500 g/mol. The summed E-state index contributed by atoms with van der Waals surface area (Å²) in [6.45, 7) is 11.7. The van der Waals surface area contributed by atoms with E-state index >= 15 is 0 Å². The second-order valence-electron chi connectivity index (χ2n) is 13.2. The first kappa shape index (κ1) is 27.7.